The quantitative estimate of drug-likeness (QED) is 0.867. The fourth-order valence-corrected chi connectivity index (χ4v) is 3.46. The summed E-state index contributed by atoms with van der Waals surface area (Å²) in [5.74, 6) is -2.13. The monoisotopic (exact) mass is 360 g/mol. The van der Waals surface area contributed by atoms with Crippen LogP contribution >= 0.6 is 0 Å². The van der Waals surface area contributed by atoms with Gasteiger partial charge in [0.15, 0.2) is 11.6 Å². The Balaban J connectivity index is 1.72. The second-order valence-electron chi connectivity index (χ2n) is 6.67. The largest absolute Gasteiger partial charge is 0.465 e. The van der Waals surface area contributed by atoms with Gasteiger partial charge in [0.2, 0.25) is 0 Å². The van der Waals surface area contributed by atoms with Crippen LogP contribution in [0.1, 0.15) is 29.9 Å². The fraction of sp³-hybridized carbons (Fsp3) is 0.350. The first-order valence-electron chi connectivity index (χ1n) is 8.73. The summed E-state index contributed by atoms with van der Waals surface area (Å²) < 4.78 is 27.7. The highest BCUT2D eigenvalue weighted by Crippen LogP contribution is 2.29. The zero-order chi connectivity index (χ0) is 18.5. The maximum absolute atomic E-state index is 14.2. The number of carbonyl (C=O) groups is 1. The van der Waals surface area contributed by atoms with Crippen LogP contribution in [0.5, 0.6) is 0 Å². The minimum absolute atomic E-state index is 0.0343. The lowest BCUT2D eigenvalue weighted by Crippen LogP contribution is -2.42. The summed E-state index contributed by atoms with van der Waals surface area (Å²) in [5, 5.41) is 12.9. The molecular formula is C20H22F2N2O2. The molecule has 1 saturated heterocycles. The molecule has 6 heteroatoms. The number of hydrogen-bond donors (Lipinski definition) is 2. The van der Waals surface area contributed by atoms with Crippen molar-refractivity contribution in [3.8, 4) is 0 Å². The van der Waals surface area contributed by atoms with Crippen LogP contribution < -0.4 is 5.32 Å². The first-order valence-corrected chi connectivity index (χ1v) is 8.73. The van der Waals surface area contributed by atoms with E-state index in [1.807, 2.05) is 30.3 Å². The average molecular weight is 360 g/mol. The first kappa shape index (κ1) is 18.3. The zero-order valence-electron chi connectivity index (χ0n) is 14.4. The van der Waals surface area contributed by atoms with E-state index < -0.39 is 17.7 Å². The third kappa shape index (κ3) is 4.38. The Morgan fingerprint density at radius 3 is 2.58 bits per heavy atom. The molecule has 2 N–H and O–H groups in total. The van der Waals surface area contributed by atoms with Crippen LogP contribution in [0.15, 0.2) is 48.5 Å². The summed E-state index contributed by atoms with van der Waals surface area (Å²) in [6, 6.07) is 13.9. The normalized spacial score (nSPS) is 20.6. The molecule has 0 spiro atoms. The number of likely N-dealkylation sites (tertiary alicyclic amines) is 1. The van der Waals surface area contributed by atoms with Crippen molar-refractivity contribution in [2.45, 2.75) is 31.3 Å². The van der Waals surface area contributed by atoms with Gasteiger partial charge in [-0.2, -0.15) is 0 Å². The van der Waals surface area contributed by atoms with Gasteiger partial charge in [0.25, 0.3) is 0 Å². The van der Waals surface area contributed by atoms with Gasteiger partial charge in [-0.3, -0.25) is 0 Å². The third-order valence-corrected chi connectivity index (χ3v) is 4.87. The summed E-state index contributed by atoms with van der Waals surface area (Å²) in [4.78, 5) is 12.9. The van der Waals surface area contributed by atoms with Crippen molar-refractivity contribution < 1.29 is 18.7 Å². The molecule has 1 fully saturated rings. The maximum Gasteiger partial charge on any atom is 0.407 e. The molecule has 1 amide bonds. The van der Waals surface area contributed by atoms with Gasteiger partial charge in [-0.25, -0.2) is 13.6 Å². The van der Waals surface area contributed by atoms with Gasteiger partial charge in [-0.15, -0.1) is 0 Å². The second kappa shape index (κ2) is 8.27. The standard InChI is InChI=1S/C20H22F2N2O2/c21-18-8-4-7-17(19(18)22)15-9-10-16(13-24(12-15)20(25)26)23-11-14-5-2-1-3-6-14/h1-8,15-16,23H,9-13H2,(H,25,26)/t15-,16-/m1/s1. The van der Waals surface area contributed by atoms with Crippen molar-refractivity contribution in [2.24, 2.45) is 0 Å². The van der Waals surface area contributed by atoms with Crippen LogP contribution in [-0.2, 0) is 6.54 Å². The predicted octanol–water partition coefficient (Wildman–Crippen LogP) is 3.98. The lowest BCUT2D eigenvalue weighted by Gasteiger charge is -2.24. The average Bonchev–Trinajstić information content (AvgIpc) is 2.86. The van der Waals surface area contributed by atoms with Crippen molar-refractivity contribution >= 4 is 6.09 Å². The summed E-state index contributed by atoms with van der Waals surface area (Å²) in [7, 11) is 0. The van der Waals surface area contributed by atoms with Crippen LogP contribution in [-0.4, -0.2) is 35.2 Å². The van der Waals surface area contributed by atoms with Gasteiger partial charge < -0.3 is 15.3 Å². The lowest BCUT2D eigenvalue weighted by atomic mass is 9.93. The number of amides is 1. The van der Waals surface area contributed by atoms with Crippen LogP contribution in [0.2, 0.25) is 0 Å². The van der Waals surface area contributed by atoms with Crippen molar-refractivity contribution in [1.29, 1.82) is 0 Å². The van der Waals surface area contributed by atoms with E-state index in [0.717, 1.165) is 11.6 Å². The molecule has 1 aliphatic heterocycles. The minimum Gasteiger partial charge on any atom is -0.465 e. The molecule has 3 rings (SSSR count). The Hall–Kier alpha value is -2.47. The molecule has 0 saturated carbocycles. The molecule has 1 heterocycles. The van der Waals surface area contributed by atoms with E-state index in [4.69, 9.17) is 0 Å². The van der Waals surface area contributed by atoms with Crippen molar-refractivity contribution in [3.63, 3.8) is 0 Å². The molecule has 0 unspecified atom stereocenters. The number of halogens is 2. The van der Waals surface area contributed by atoms with Gasteiger partial charge in [-0.05, 0) is 30.0 Å². The highest BCUT2D eigenvalue weighted by molar-refractivity contribution is 5.65. The van der Waals surface area contributed by atoms with Gasteiger partial charge in [-0.1, -0.05) is 42.5 Å². The molecule has 0 aromatic heterocycles. The molecule has 0 bridgehead atoms. The molecule has 1 aliphatic rings. The summed E-state index contributed by atoms with van der Waals surface area (Å²) in [6.07, 6.45) is 0.244. The van der Waals surface area contributed by atoms with Crippen LogP contribution in [0.3, 0.4) is 0 Å². The van der Waals surface area contributed by atoms with Gasteiger partial charge in [0, 0.05) is 31.6 Å². The minimum atomic E-state index is -1.04. The van der Waals surface area contributed by atoms with Gasteiger partial charge >= 0.3 is 6.09 Å². The Kier molecular flexibility index (Phi) is 5.83. The lowest BCUT2D eigenvalue weighted by molar-refractivity contribution is 0.141. The Labute approximate surface area is 151 Å². The highest BCUT2D eigenvalue weighted by atomic mass is 19.2. The Morgan fingerprint density at radius 2 is 1.85 bits per heavy atom. The molecular weight excluding hydrogens is 338 g/mol. The van der Waals surface area contributed by atoms with Crippen molar-refractivity contribution in [1.82, 2.24) is 10.2 Å². The van der Waals surface area contributed by atoms with E-state index in [-0.39, 0.29) is 24.1 Å². The summed E-state index contributed by atoms with van der Waals surface area (Å²) >= 11 is 0. The highest BCUT2D eigenvalue weighted by Gasteiger charge is 2.29. The molecule has 2 aromatic rings. The molecule has 2 aromatic carbocycles. The number of carboxylic acid groups (broad SMARTS) is 1. The Morgan fingerprint density at radius 1 is 1.08 bits per heavy atom. The van der Waals surface area contributed by atoms with Crippen LogP contribution in [0.25, 0.3) is 0 Å². The smallest absolute Gasteiger partial charge is 0.407 e. The van der Waals surface area contributed by atoms with Crippen molar-refractivity contribution in [2.75, 3.05) is 13.1 Å². The zero-order valence-corrected chi connectivity index (χ0v) is 14.4. The SMILES string of the molecule is O=C(O)N1C[C@H](NCc2ccccc2)CC[C@@H](c2cccc(F)c2F)C1. The molecule has 4 nitrogen and oxygen atoms in total. The predicted molar refractivity (Wildman–Crippen MR) is 95.0 cm³/mol. The number of nitrogens with one attached hydrogen (secondary N) is 1. The van der Waals surface area contributed by atoms with E-state index in [1.165, 1.54) is 11.0 Å². The maximum atomic E-state index is 14.2. The summed E-state index contributed by atoms with van der Waals surface area (Å²) in [6.45, 7) is 1.13. The van der Waals surface area contributed by atoms with Gasteiger partial charge in [0.1, 0.15) is 0 Å². The summed E-state index contributed by atoms with van der Waals surface area (Å²) in [5.41, 5.74) is 1.37. The van der Waals surface area contributed by atoms with Crippen LogP contribution in [0, 0.1) is 11.6 Å². The number of rotatable bonds is 4. The van der Waals surface area contributed by atoms with E-state index in [9.17, 15) is 18.7 Å². The fourth-order valence-electron chi connectivity index (χ4n) is 3.46. The van der Waals surface area contributed by atoms with Crippen molar-refractivity contribution in [3.05, 3.63) is 71.3 Å². The van der Waals surface area contributed by atoms with E-state index in [2.05, 4.69) is 5.32 Å². The molecule has 0 radical (unpaired) electrons. The second-order valence-corrected chi connectivity index (χ2v) is 6.67. The van der Waals surface area contributed by atoms with Crippen LogP contribution in [0.4, 0.5) is 13.6 Å². The topological polar surface area (TPSA) is 52.6 Å². The third-order valence-electron chi connectivity index (χ3n) is 4.87. The Bertz CT molecular complexity index is 755. The number of nitrogens with zero attached hydrogens (tertiary/aromatic N) is 1. The number of hydrogen-bond acceptors (Lipinski definition) is 2. The molecule has 26 heavy (non-hydrogen) atoms. The van der Waals surface area contributed by atoms with E-state index in [0.29, 0.717) is 25.9 Å². The van der Waals surface area contributed by atoms with Gasteiger partial charge in [0.05, 0.1) is 0 Å². The molecule has 2 atom stereocenters. The number of benzene rings is 2. The first-order chi connectivity index (χ1) is 12.5. The molecule has 0 aliphatic carbocycles. The molecule has 138 valence electrons. The van der Waals surface area contributed by atoms with E-state index >= 15 is 0 Å². The van der Waals surface area contributed by atoms with E-state index in [1.54, 1.807) is 6.07 Å².